The summed E-state index contributed by atoms with van der Waals surface area (Å²) in [5.74, 6) is -0.280. The van der Waals surface area contributed by atoms with Crippen LogP contribution in [0.25, 0.3) is 6.08 Å². The van der Waals surface area contributed by atoms with E-state index in [1.807, 2.05) is 7.05 Å². The second-order valence-electron chi connectivity index (χ2n) is 5.25. The molecule has 0 saturated carbocycles. The van der Waals surface area contributed by atoms with Crippen LogP contribution in [0.2, 0.25) is 0 Å². The normalized spacial score (nSPS) is 19.2. The third-order valence-corrected chi connectivity index (χ3v) is 3.40. The van der Waals surface area contributed by atoms with Crippen LogP contribution < -0.4 is 10.1 Å². The van der Waals surface area contributed by atoms with Gasteiger partial charge in [0, 0.05) is 31.3 Å². The highest BCUT2D eigenvalue weighted by Gasteiger charge is 2.17. The number of carbonyl (C=O) groups excluding carboxylic acids is 1. The van der Waals surface area contributed by atoms with E-state index in [2.05, 4.69) is 15.0 Å². The maximum atomic E-state index is 12.3. The zero-order chi connectivity index (χ0) is 16.7. The van der Waals surface area contributed by atoms with Crippen molar-refractivity contribution in [3.63, 3.8) is 0 Å². The van der Waals surface area contributed by atoms with Gasteiger partial charge in [-0.2, -0.15) is 8.78 Å². The van der Waals surface area contributed by atoms with E-state index in [0.717, 1.165) is 13.1 Å². The number of ether oxygens (including phenoxy) is 2. The molecule has 1 saturated heterocycles. The lowest BCUT2D eigenvalue weighted by Crippen LogP contribution is -2.45. The minimum absolute atomic E-state index is 0.0313. The first-order chi connectivity index (χ1) is 11.0. The fourth-order valence-electron chi connectivity index (χ4n) is 2.25. The van der Waals surface area contributed by atoms with Crippen LogP contribution in [0, 0.1) is 0 Å². The number of hydrogen-bond donors (Lipinski definition) is 1. The van der Waals surface area contributed by atoms with Crippen molar-refractivity contribution in [1.82, 2.24) is 10.2 Å². The SMILES string of the molecule is CN1CCO[C@@H](CNC(=O)/C=C\c2ccccc2OC(F)F)C1. The number of nitrogens with one attached hydrogen (secondary N) is 1. The van der Waals surface area contributed by atoms with E-state index in [0.29, 0.717) is 18.7 Å². The molecular weight excluding hydrogens is 306 g/mol. The van der Waals surface area contributed by atoms with E-state index in [-0.39, 0.29) is 17.8 Å². The van der Waals surface area contributed by atoms with Crippen molar-refractivity contribution >= 4 is 12.0 Å². The van der Waals surface area contributed by atoms with Crippen LogP contribution in [0.5, 0.6) is 5.75 Å². The summed E-state index contributed by atoms with van der Waals surface area (Å²) in [5, 5.41) is 2.74. The fraction of sp³-hybridized carbons (Fsp3) is 0.438. The Hall–Kier alpha value is -1.99. The van der Waals surface area contributed by atoms with Crippen LogP contribution in [0.3, 0.4) is 0 Å². The molecular formula is C16H20F2N2O3. The van der Waals surface area contributed by atoms with E-state index in [1.54, 1.807) is 18.2 Å². The van der Waals surface area contributed by atoms with Crippen LogP contribution in [0.1, 0.15) is 5.56 Å². The van der Waals surface area contributed by atoms with Gasteiger partial charge in [0.25, 0.3) is 0 Å². The second kappa shape index (κ2) is 8.59. The molecule has 1 heterocycles. The largest absolute Gasteiger partial charge is 0.434 e. The molecule has 7 heteroatoms. The van der Waals surface area contributed by atoms with Crippen molar-refractivity contribution in [3.05, 3.63) is 35.9 Å². The van der Waals surface area contributed by atoms with Crippen molar-refractivity contribution in [2.45, 2.75) is 12.7 Å². The molecule has 0 radical (unpaired) electrons. The highest BCUT2D eigenvalue weighted by atomic mass is 19.3. The van der Waals surface area contributed by atoms with Gasteiger partial charge in [0.15, 0.2) is 0 Å². The second-order valence-corrected chi connectivity index (χ2v) is 5.25. The molecule has 1 aliphatic rings. The number of likely N-dealkylation sites (N-methyl/N-ethyl adjacent to an activating group) is 1. The average molecular weight is 326 g/mol. The summed E-state index contributed by atoms with van der Waals surface area (Å²) < 4.78 is 34.6. The Morgan fingerprint density at radius 2 is 2.30 bits per heavy atom. The van der Waals surface area contributed by atoms with Crippen molar-refractivity contribution in [3.8, 4) is 5.75 Å². The molecule has 1 amide bonds. The van der Waals surface area contributed by atoms with Gasteiger partial charge in [-0.1, -0.05) is 18.2 Å². The number of para-hydroxylation sites is 1. The molecule has 5 nitrogen and oxygen atoms in total. The van der Waals surface area contributed by atoms with Gasteiger partial charge < -0.3 is 19.7 Å². The van der Waals surface area contributed by atoms with Gasteiger partial charge in [0.2, 0.25) is 5.91 Å². The monoisotopic (exact) mass is 326 g/mol. The first-order valence-corrected chi connectivity index (χ1v) is 7.34. The predicted octanol–water partition coefficient (Wildman–Crippen LogP) is 1.75. The molecule has 1 N–H and O–H groups in total. The van der Waals surface area contributed by atoms with Crippen LogP contribution in [-0.4, -0.2) is 56.8 Å². The average Bonchev–Trinajstić information content (AvgIpc) is 2.51. The molecule has 23 heavy (non-hydrogen) atoms. The molecule has 1 fully saturated rings. The Balaban J connectivity index is 1.86. The third kappa shape index (κ3) is 5.96. The number of amides is 1. The summed E-state index contributed by atoms with van der Waals surface area (Å²) in [6.07, 6.45) is 2.70. The summed E-state index contributed by atoms with van der Waals surface area (Å²) in [4.78, 5) is 14.0. The van der Waals surface area contributed by atoms with Crippen LogP contribution in [0.15, 0.2) is 30.3 Å². The van der Waals surface area contributed by atoms with Gasteiger partial charge in [0.05, 0.1) is 12.7 Å². The molecule has 1 aromatic carbocycles. The zero-order valence-electron chi connectivity index (χ0n) is 12.9. The number of alkyl halides is 2. The Kier molecular flexibility index (Phi) is 6.49. The maximum absolute atomic E-state index is 12.3. The summed E-state index contributed by atoms with van der Waals surface area (Å²) in [6.45, 7) is -0.215. The lowest BCUT2D eigenvalue weighted by atomic mass is 10.2. The predicted molar refractivity (Wildman–Crippen MR) is 82.4 cm³/mol. The van der Waals surface area contributed by atoms with Crippen molar-refractivity contribution in [2.75, 3.05) is 33.3 Å². The first kappa shape index (κ1) is 17.4. The van der Waals surface area contributed by atoms with E-state index < -0.39 is 6.61 Å². The number of carbonyl (C=O) groups is 1. The molecule has 0 bridgehead atoms. The molecule has 0 spiro atoms. The summed E-state index contributed by atoms with van der Waals surface area (Å²) in [5.41, 5.74) is 0.414. The Morgan fingerprint density at radius 3 is 3.04 bits per heavy atom. The maximum Gasteiger partial charge on any atom is 0.387 e. The quantitative estimate of drug-likeness (QED) is 0.809. The van der Waals surface area contributed by atoms with Gasteiger partial charge in [-0.3, -0.25) is 4.79 Å². The Bertz CT molecular complexity index is 552. The van der Waals surface area contributed by atoms with Crippen molar-refractivity contribution < 1.29 is 23.0 Å². The molecule has 1 aliphatic heterocycles. The lowest BCUT2D eigenvalue weighted by Gasteiger charge is -2.29. The van der Waals surface area contributed by atoms with Crippen molar-refractivity contribution in [1.29, 1.82) is 0 Å². The van der Waals surface area contributed by atoms with E-state index in [9.17, 15) is 13.6 Å². The molecule has 1 aromatic rings. The van der Waals surface area contributed by atoms with Crippen LogP contribution in [0.4, 0.5) is 8.78 Å². The number of halogens is 2. The lowest BCUT2D eigenvalue weighted by molar-refractivity contribution is -0.117. The number of benzene rings is 1. The molecule has 126 valence electrons. The topological polar surface area (TPSA) is 50.8 Å². The van der Waals surface area contributed by atoms with E-state index in [4.69, 9.17) is 4.74 Å². The molecule has 0 unspecified atom stereocenters. The highest BCUT2D eigenvalue weighted by Crippen LogP contribution is 2.21. The summed E-state index contributed by atoms with van der Waals surface area (Å²) in [7, 11) is 2.00. The molecule has 1 atom stereocenters. The summed E-state index contributed by atoms with van der Waals surface area (Å²) in [6, 6.07) is 6.30. The van der Waals surface area contributed by atoms with Gasteiger partial charge in [0.1, 0.15) is 5.75 Å². The Labute approximate surface area is 133 Å². The first-order valence-electron chi connectivity index (χ1n) is 7.34. The molecule has 0 aliphatic carbocycles. The standard InChI is InChI=1S/C16H20F2N2O3/c1-20-8-9-22-13(11-20)10-19-15(21)7-6-12-4-2-3-5-14(12)23-16(17)18/h2-7,13,16H,8-11H2,1H3,(H,19,21)/b7-6-/t13-/m0/s1. The van der Waals surface area contributed by atoms with Crippen molar-refractivity contribution in [2.24, 2.45) is 0 Å². The smallest absolute Gasteiger partial charge is 0.387 e. The zero-order valence-corrected chi connectivity index (χ0v) is 12.9. The molecule has 2 rings (SSSR count). The third-order valence-electron chi connectivity index (χ3n) is 3.40. The summed E-state index contributed by atoms with van der Waals surface area (Å²) >= 11 is 0. The number of nitrogens with zero attached hydrogens (tertiary/aromatic N) is 1. The minimum atomic E-state index is -2.90. The Morgan fingerprint density at radius 1 is 1.52 bits per heavy atom. The number of morpholine rings is 1. The van der Waals surface area contributed by atoms with Gasteiger partial charge in [-0.05, 0) is 19.2 Å². The minimum Gasteiger partial charge on any atom is -0.434 e. The van der Waals surface area contributed by atoms with Gasteiger partial charge in [-0.25, -0.2) is 0 Å². The van der Waals surface area contributed by atoms with E-state index >= 15 is 0 Å². The highest BCUT2D eigenvalue weighted by molar-refractivity contribution is 5.92. The van der Waals surface area contributed by atoms with Crippen LogP contribution in [-0.2, 0) is 9.53 Å². The number of rotatable bonds is 6. The van der Waals surface area contributed by atoms with E-state index in [1.165, 1.54) is 18.2 Å². The number of hydrogen-bond acceptors (Lipinski definition) is 4. The molecule has 0 aromatic heterocycles. The fourth-order valence-corrected chi connectivity index (χ4v) is 2.25. The van der Waals surface area contributed by atoms with Gasteiger partial charge >= 0.3 is 6.61 Å². The van der Waals surface area contributed by atoms with Crippen LogP contribution >= 0.6 is 0 Å². The van der Waals surface area contributed by atoms with Gasteiger partial charge in [-0.15, -0.1) is 0 Å².